The zero-order valence-electron chi connectivity index (χ0n) is 15.0. The second kappa shape index (κ2) is 7.84. The molecule has 0 saturated carbocycles. The molecule has 0 aliphatic carbocycles. The number of Topliss-reactive ketones (excluding diaryl/α,β-unsaturated/α-hetero) is 1. The molecule has 0 amide bonds. The molecule has 3 aromatic rings. The summed E-state index contributed by atoms with van der Waals surface area (Å²) >= 11 is 1.19. The van der Waals surface area contributed by atoms with Crippen molar-refractivity contribution < 1.29 is 15.0 Å². The Labute approximate surface area is 160 Å². The number of carbonyl (C=O) groups is 1. The predicted molar refractivity (Wildman–Crippen MR) is 106 cm³/mol. The van der Waals surface area contributed by atoms with Crippen molar-refractivity contribution in [3.05, 3.63) is 58.4 Å². The molecule has 0 spiro atoms. The van der Waals surface area contributed by atoms with Crippen LogP contribution in [0.4, 0.5) is 0 Å². The van der Waals surface area contributed by atoms with Crippen molar-refractivity contribution in [1.29, 1.82) is 0 Å². The first-order valence-electron chi connectivity index (χ1n) is 8.54. The van der Waals surface area contributed by atoms with E-state index in [1.54, 1.807) is 22.8 Å². The Kier molecular flexibility index (Phi) is 5.51. The first-order chi connectivity index (χ1) is 12.9. The van der Waals surface area contributed by atoms with Crippen molar-refractivity contribution in [3.63, 3.8) is 0 Å². The average molecular weight is 384 g/mol. The van der Waals surface area contributed by atoms with Gasteiger partial charge in [0.25, 0.3) is 5.56 Å². The van der Waals surface area contributed by atoms with Crippen molar-refractivity contribution >= 4 is 28.4 Å². The van der Waals surface area contributed by atoms with E-state index in [0.717, 1.165) is 0 Å². The van der Waals surface area contributed by atoms with Gasteiger partial charge in [-0.05, 0) is 36.2 Å². The first-order valence-corrected chi connectivity index (χ1v) is 9.53. The van der Waals surface area contributed by atoms with Gasteiger partial charge in [0, 0.05) is 12.1 Å². The Hall–Kier alpha value is -2.80. The maximum Gasteiger partial charge on any atom is 0.262 e. The van der Waals surface area contributed by atoms with Crippen LogP contribution in [-0.4, -0.2) is 31.3 Å². The van der Waals surface area contributed by atoms with E-state index in [0.29, 0.717) is 22.6 Å². The first kappa shape index (κ1) is 19.0. The Bertz CT molecular complexity index is 1060. The number of aromatic nitrogens is 2. The Morgan fingerprint density at radius 3 is 2.59 bits per heavy atom. The summed E-state index contributed by atoms with van der Waals surface area (Å²) in [5, 5.41) is 20.0. The molecule has 2 aromatic carbocycles. The minimum Gasteiger partial charge on any atom is -0.504 e. The fourth-order valence-electron chi connectivity index (χ4n) is 2.69. The molecular formula is C20H20N2O4S. The highest BCUT2D eigenvalue weighted by Crippen LogP contribution is 2.26. The SMILES string of the molecule is CC(C)Cn1c(SCC(=O)c2ccc(O)c(O)c2)nc2ccccc2c1=O. The minimum atomic E-state index is -0.341. The monoisotopic (exact) mass is 384 g/mol. The van der Waals surface area contributed by atoms with Crippen LogP contribution in [-0.2, 0) is 6.54 Å². The number of thioether (sulfide) groups is 1. The van der Waals surface area contributed by atoms with Crippen LogP contribution in [0.1, 0.15) is 24.2 Å². The Morgan fingerprint density at radius 1 is 1.15 bits per heavy atom. The minimum absolute atomic E-state index is 0.0626. The van der Waals surface area contributed by atoms with E-state index in [2.05, 4.69) is 4.98 Å². The number of hydrogen-bond donors (Lipinski definition) is 2. The van der Waals surface area contributed by atoms with Crippen LogP contribution >= 0.6 is 11.8 Å². The van der Waals surface area contributed by atoms with Gasteiger partial charge in [-0.2, -0.15) is 0 Å². The highest BCUT2D eigenvalue weighted by Gasteiger charge is 2.15. The van der Waals surface area contributed by atoms with Gasteiger partial charge < -0.3 is 10.2 Å². The average Bonchev–Trinajstić information content (AvgIpc) is 2.64. The van der Waals surface area contributed by atoms with Crippen LogP contribution in [0.5, 0.6) is 11.5 Å². The molecule has 0 radical (unpaired) electrons. The van der Waals surface area contributed by atoms with Crippen molar-refractivity contribution in [2.45, 2.75) is 25.5 Å². The summed E-state index contributed by atoms with van der Waals surface area (Å²) in [6.07, 6.45) is 0. The second-order valence-corrected chi connectivity index (χ2v) is 7.58. The van der Waals surface area contributed by atoms with E-state index in [1.807, 2.05) is 19.9 Å². The van der Waals surface area contributed by atoms with Crippen LogP contribution in [0.3, 0.4) is 0 Å². The van der Waals surface area contributed by atoms with Gasteiger partial charge in [-0.15, -0.1) is 0 Å². The number of phenolic OH excluding ortho intramolecular Hbond substituents is 2. The van der Waals surface area contributed by atoms with Gasteiger partial charge in [-0.3, -0.25) is 14.2 Å². The maximum absolute atomic E-state index is 12.8. The molecule has 0 aliphatic rings. The number of para-hydroxylation sites is 1. The summed E-state index contributed by atoms with van der Waals surface area (Å²) < 4.78 is 1.61. The molecule has 0 fully saturated rings. The summed E-state index contributed by atoms with van der Waals surface area (Å²) in [6, 6.07) is 11.1. The molecule has 6 nitrogen and oxygen atoms in total. The molecule has 0 aliphatic heterocycles. The van der Waals surface area contributed by atoms with Crippen LogP contribution in [0.2, 0.25) is 0 Å². The van der Waals surface area contributed by atoms with E-state index >= 15 is 0 Å². The number of nitrogens with zero attached hydrogens (tertiary/aromatic N) is 2. The highest BCUT2D eigenvalue weighted by molar-refractivity contribution is 7.99. The summed E-state index contributed by atoms with van der Waals surface area (Å²) in [6.45, 7) is 4.54. The molecule has 0 saturated heterocycles. The number of benzene rings is 2. The van der Waals surface area contributed by atoms with Crippen LogP contribution in [0.25, 0.3) is 10.9 Å². The molecule has 3 rings (SSSR count). The number of phenols is 2. The van der Waals surface area contributed by atoms with Crippen molar-refractivity contribution in [2.75, 3.05) is 5.75 Å². The molecule has 1 heterocycles. The normalized spacial score (nSPS) is 11.2. The number of hydrogen-bond acceptors (Lipinski definition) is 6. The molecule has 1 aromatic heterocycles. The lowest BCUT2D eigenvalue weighted by atomic mass is 10.1. The van der Waals surface area contributed by atoms with Gasteiger partial charge in [-0.1, -0.05) is 37.7 Å². The molecule has 0 atom stereocenters. The fraction of sp³-hybridized carbons (Fsp3) is 0.250. The summed E-state index contributed by atoms with van der Waals surface area (Å²) in [7, 11) is 0. The van der Waals surface area contributed by atoms with E-state index in [9.17, 15) is 19.8 Å². The van der Waals surface area contributed by atoms with Crippen LogP contribution in [0.15, 0.2) is 52.4 Å². The quantitative estimate of drug-likeness (QED) is 0.293. The Morgan fingerprint density at radius 2 is 1.89 bits per heavy atom. The van der Waals surface area contributed by atoms with Gasteiger partial charge in [0.15, 0.2) is 22.4 Å². The second-order valence-electron chi connectivity index (χ2n) is 6.64. The van der Waals surface area contributed by atoms with Gasteiger partial charge in [-0.25, -0.2) is 4.98 Å². The summed E-state index contributed by atoms with van der Waals surface area (Å²) in [5.41, 5.74) is 0.766. The van der Waals surface area contributed by atoms with Crippen molar-refractivity contribution in [1.82, 2.24) is 9.55 Å². The predicted octanol–water partition coefficient (Wildman–Crippen LogP) is 3.44. The molecular weight excluding hydrogens is 364 g/mol. The molecule has 27 heavy (non-hydrogen) atoms. The summed E-state index contributed by atoms with van der Waals surface area (Å²) in [5.74, 6) is -0.538. The van der Waals surface area contributed by atoms with Crippen molar-refractivity contribution in [3.8, 4) is 11.5 Å². The Balaban J connectivity index is 1.92. The van der Waals surface area contributed by atoms with E-state index < -0.39 is 0 Å². The number of aromatic hydroxyl groups is 2. The van der Waals surface area contributed by atoms with Crippen LogP contribution in [0, 0.1) is 5.92 Å². The molecule has 2 N–H and O–H groups in total. The van der Waals surface area contributed by atoms with E-state index in [1.165, 1.54) is 30.0 Å². The number of fused-ring (bicyclic) bond motifs is 1. The number of ketones is 1. The molecule has 0 unspecified atom stereocenters. The highest BCUT2D eigenvalue weighted by atomic mass is 32.2. The lowest BCUT2D eigenvalue weighted by Gasteiger charge is -2.14. The van der Waals surface area contributed by atoms with Crippen LogP contribution < -0.4 is 5.56 Å². The van der Waals surface area contributed by atoms with Gasteiger partial charge in [0.1, 0.15) is 0 Å². The van der Waals surface area contributed by atoms with Gasteiger partial charge >= 0.3 is 0 Å². The van der Waals surface area contributed by atoms with Gasteiger partial charge in [0.2, 0.25) is 0 Å². The summed E-state index contributed by atoms with van der Waals surface area (Å²) in [4.78, 5) is 29.9. The van der Waals surface area contributed by atoms with E-state index in [4.69, 9.17) is 0 Å². The standard InChI is InChI=1S/C20H20N2O4S/c1-12(2)10-22-19(26)14-5-3-4-6-15(14)21-20(22)27-11-18(25)13-7-8-16(23)17(24)9-13/h3-9,12,23-24H,10-11H2,1-2H3. The number of rotatable bonds is 6. The topological polar surface area (TPSA) is 92.4 Å². The lowest BCUT2D eigenvalue weighted by molar-refractivity contribution is 0.102. The number of carbonyl (C=O) groups excluding carboxylic acids is 1. The molecule has 0 bridgehead atoms. The largest absolute Gasteiger partial charge is 0.504 e. The zero-order chi connectivity index (χ0) is 19.6. The molecule has 7 heteroatoms. The maximum atomic E-state index is 12.8. The third kappa shape index (κ3) is 4.14. The zero-order valence-corrected chi connectivity index (χ0v) is 15.9. The third-order valence-electron chi connectivity index (χ3n) is 4.00. The lowest BCUT2D eigenvalue weighted by Crippen LogP contribution is -2.25. The smallest absolute Gasteiger partial charge is 0.262 e. The third-order valence-corrected chi connectivity index (χ3v) is 4.98. The van der Waals surface area contributed by atoms with Crippen molar-refractivity contribution in [2.24, 2.45) is 5.92 Å². The van der Waals surface area contributed by atoms with E-state index in [-0.39, 0.29) is 40.1 Å². The van der Waals surface area contributed by atoms with Gasteiger partial charge in [0.05, 0.1) is 16.7 Å². The molecule has 140 valence electrons. The fourth-order valence-corrected chi connectivity index (χ4v) is 3.60.